The Labute approximate surface area is 188 Å². The van der Waals surface area contributed by atoms with Gasteiger partial charge in [0.15, 0.2) is 0 Å². The minimum Gasteiger partial charge on any atom is -0.506 e. The molecule has 1 atom stereocenters. The van der Waals surface area contributed by atoms with Gasteiger partial charge in [0, 0.05) is 11.6 Å². The molecule has 3 heterocycles. The van der Waals surface area contributed by atoms with Crippen molar-refractivity contribution >= 4 is 26.7 Å². The third-order valence-corrected chi connectivity index (χ3v) is 7.06. The number of phenols is 1. The Bertz CT molecular complexity index is 1600. The van der Waals surface area contributed by atoms with Crippen molar-refractivity contribution in [2.45, 2.75) is 10.8 Å². The molecule has 5 rings (SSSR count). The highest BCUT2D eigenvalue weighted by Gasteiger charge is 2.38. The van der Waals surface area contributed by atoms with E-state index < -0.39 is 15.9 Å². The summed E-state index contributed by atoms with van der Waals surface area (Å²) in [7, 11) is -4.35. The molecule has 5 N–H and O–H groups in total. The van der Waals surface area contributed by atoms with E-state index in [4.69, 9.17) is 16.2 Å². The van der Waals surface area contributed by atoms with Crippen molar-refractivity contribution in [3.05, 3.63) is 83.4 Å². The highest BCUT2D eigenvalue weighted by atomic mass is 32.2. The number of hydrogen-bond acceptors (Lipinski definition) is 9. The Morgan fingerprint density at radius 2 is 1.85 bits per heavy atom. The van der Waals surface area contributed by atoms with Gasteiger partial charge in [-0.2, -0.15) is 13.7 Å². The van der Waals surface area contributed by atoms with E-state index in [2.05, 4.69) is 10.1 Å². The Hall–Kier alpha value is -4.56. The lowest BCUT2D eigenvalue weighted by molar-refractivity contribution is 0.377. The van der Waals surface area contributed by atoms with Crippen LogP contribution in [-0.4, -0.2) is 27.7 Å². The minimum absolute atomic E-state index is 0.0941. The van der Waals surface area contributed by atoms with Crippen molar-refractivity contribution in [2.75, 3.05) is 5.73 Å². The number of aromatic nitrogens is 3. The Morgan fingerprint density at radius 1 is 1.09 bits per heavy atom. The van der Waals surface area contributed by atoms with Crippen molar-refractivity contribution in [3.8, 4) is 17.7 Å². The number of benzene rings is 2. The second kappa shape index (κ2) is 7.25. The van der Waals surface area contributed by atoms with E-state index in [1.165, 1.54) is 24.4 Å². The molecule has 0 fully saturated rings. The number of ether oxygens (including phenoxy) is 1. The summed E-state index contributed by atoms with van der Waals surface area (Å²) in [4.78, 5) is 3.90. The molecular formula is C22H16N6O4S. The Kier molecular flexibility index (Phi) is 4.47. The summed E-state index contributed by atoms with van der Waals surface area (Å²) >= 11 is 0. The lowest BCUT2D eigenvalue weighted by Crippen LogP contribution is -2.21. The average molecular weight is 460 g/mol. The van der Waals surface area contributed by atoms with Crippen LogP contribution in [0.25, 0.3) is 10.9 Å². The van der Waals surface area contributed by atoms with Gasteiger partial charge < -0.3 is 21.3 Å². The van der Waals surface area contributed by atoms with Gasteiger partial charge in [0.2, 0.25) is 11.8 Å². The zero-order chi connectivity index (χ0) is 23.3. The molecule has 1 aliphatic rings. The van der Waals surface area contributed by atoms with Crippen LogP contribution < -0.4 is 16.2 Å². The average Bonchev–Trinajstić information content (AvgIpc) is 3.15. The van der Waals surface area contributed by atoms with E-state index in [-0.39, 0.29) is 50.3 Å². The van der Waals surface area contributed by atoms with Gasteiger partial charge in [-0.05, 0) is 29.8 Å². The molecule has 33 heavy (non-hydrogen) atoms. The number of rotatable bonds is 3. The van der Waals surface area contributed by atoms with E-state index in [0.29, 0.717) is 9.65 Å². The largest absolute Gasteiger partial charge is 0.506 e. The number of pyridine rings is 1. The second-order valence-corrected chi connectivity index (χ2v) is 9.01. The summed E-state index contributed by atoms with van der Waals surface area (Å²) in [6.45, 7) is 0. The minimum atomic E-state index is -4.35. The fraction of sp³-hybridized carbons (Fsp3) is 0.0455. The summed E-state index contributed by atoms with van der Waals surface area (Å²) < 4.78 is 33.4. The lowest BCUT2D eigenvalue weighted by atomic mass is 9.85. The first-order valence-electron chi connectivity index (χ1n) is 9.67. The van der Waals surface area contributed by atoms with Crippen LogP contribution >= 0.6 is 0 Å². The molecule has 0 radical (unpaired) electrons. The summed E-state index contributed by atoms with van der Waals surface area (Å²) in [5.41, 5.74) is 13.4. The maximum Gasteiger partial charge on any atom is 0.285 e. The van der Waals surface area contributed by atoms with Crippen LogP contribution in [0.2, 0.25) is 0 Å². The Balaban J connectivity index is 1.75. The summed E-state index contributed by atoms with van der Waals surface area (Å²) in [6.07, 6.45) is 1.44. The van der Waals surface area contributed by atoms with E-state index >= 15 is 0 Å². The number of nitriles is 1. The SMILES string of the molecule is N#CC1=C(N)Oc2nn(S(=O)(=O)c3ccc(O)c4ncccc34)c(N)c2[C@H]1c1ccccc1. The molecule has 0 bridgehead atoms. The van der Waals surface area contributed by atoms with Crippen LogP contribution in [0.1, 0.15) is 17.0 Å². The molecule has 0 saturated heterocycles. The number of nitrogens with zero attached hydrogens (tertiary/aromatic N) is 4. The molecular weight excluding hydrogens is 444 g/mol. The molecule has 2 aromatic carbocycles. The third kappa shape index (κ3) is 2.96. The standard InChI is InChI=1S/C22H16N6O4S/c23-11-14-17(12-5-2-1-3-6-12)18-20(24)28(27-22(18)32-21(14)25)33(30,31)16-9-8-15(29)19-13(16)7-4-10-26-19/h1-10,17,29H,24-25H2/t17-/m0/s1. The van der Waals surface area contributed by atoms with E-state index in [1.54, 1.807) is 30.3 Å². The number of nitrogen functional groups attached to an aromatic ring is 1. The molecule has 0 spiro atoms. The molecule has 0 unspecified atom stereocenters. The van der Waals surface area contributed by atoms with Crippen LogP contribution in [0.5, 0.6) is 11.6 Å². The molecule has 1 aliphatic heterocycles. The van der Waals surface area contributed by atoms with Crippen molar-refractivity contribution in [3.63, 3.8) is 0 Å². The van der Waals surface area contributed by atoms with Gasteiger partial charge in [0.1, 0.15) is 28.7 Å². The molecule has 2 aromatic heterocycles. The fourth-order valence-corrected chi connectivity index (χ4v) is 5.33. The van der Waals surface area contributed by atoms with Gasteiger partial charge in [0.05, 0.1) is 16.4 Å². The first kappa shape index (κ1) is 20.3. The summed E-state index contributed by atoms with van der Waals surface area (Å²) in [5.74, 6) is -1.44. The third-order valence-electron chi connectivity index (χ3n) is 5.41. The highest BCUT2D eigenvalue weighted by molar-refractivity contribution is 7.90. The predicted octanol–water partition coefficient (Wildman–Crippen LogP) is 2.17. The molecule has 164 valence electrons. The van der Waals surface area contributed by atoms with Crippen LogP contribution in [0, 0.1) is 11.3 Å². The maximum atomic E-state index is 13.6. The second-order valence-electron chi connectivity index (χ2n) is 7.27. The molecule has 4 aromatic rings. The van der Waals surface area contributed by atoms with Gasteiger partial charge in [-0.15, -0.1) is 9.19 Å². The van der Waals surface area contributed by atoms with Gasteiger partial charge in [-0.25, -0.2) is 0 Å². The van der Waals surface area contributed by atoms with Gasteiger partial charge in [-0.1, -0.05) is 30.3 Å². The molecule has 10 nitrogen and oxygen atoms in total. The van der Waals surface area contributed by atoms with E-state index in [0.717, 1.165) is 0 Å². The topological polar surface area (TPSA) is 170 Å². The van der Waals surface area contributed by atoms with Crippen molar-refractivity contribution < 1.29 is 18.3 Å². The number of hydrogen-bond donors (Lipinski definition) is 3. The zero-order valence-corrected chi connectivity index (χ0v) is 17.7. The zero-order valence-electron chi connectivity index (χ0n) is 16.9. The number of allylic oxidation sites excluding steroid dienone is 1. The molecule has 0 saturated carbocycles. The van der Waals surface area contributed by atoms with Crippen LogP contribution in [0.3, 0.4) is 0 Å². The monoisotopic (exact) mass is 460 g/mol. The van der Waals surface area contributed by atoms with E-state index in [9.17, 15) is 18.8 Å². The number of aromatic hydroxyl groups is 1. The quantitative estimate of drug-likeness (QED) is 0.414. The van der Waals surface area contributed by atoms with E-state index in [1.807, 2.05) is 12.1 Å². The maximum absolute atomic E-state index is 13.6. The Morgan fingerprint density at radius 3 is 2.58 bits per heavy atom. The predicted molar refractivity (Wildman–Crippen MR) is 118 cm³/mol. The molecule has 0 amide bonds. The van der Waals surface area contributed by atoms with Gasteiger partial charge in [-0.3, -0.25) is 4.98 Å². The van der Waals surface area contributed by atoms with Gasteiger partial charge in [0.25, 0.3) is 10.0 Å². The fourth-order valence-electron chi connectivity index (χ4n) is 3.93. The summed E-state index contributed by atoms with van der Waals surface area (Å²) in [6, 6.07) is 16.5. The number of phenolic OH excluding ortho intramolecular Hbond substituents is 1. The lowest BCUT2D eigenvalue weighted by Gasteiger charge is -2.23. The van der Waals surface area contributed by atoms with Crippen molar-refractivity contribution in [1.29, 1.82) is 5.26 Å². The number of nitrogens with two attached hydrogens (primary N) is 2. The normalized spacial score (nSPS) is 15.7. The first-order valence-corrected chi connectivity index (χ1v) is 11.1. The van der Waals surface area contributed by atoms with Crippen molar-refractivity contribution in [2.24, 2.45) is 5.73 Å². The van der Waals surface area contributed by atoms with Crippen LogP contribution in [0.4, 0.5) is 5.82 Å². The van der Waals surface area contributed by atoms with Crippen molar-refractivity contribution in [1.82, 2.24) is 14.2 Å². The molecule has 0 aliphatic carbocycles. The van der Waals surface area contributed by atoms with Gasteiger partial charge >= 0.3 is 0 Å². The number of fused-ring (bicyclic) bond motifs is 2. The highest BCUT2D eigenvalue weighted by Crippen LogP contribution is 2.45. The van der Waals surface area contributed by atoms with Crippen LogP contribution in [-0.2, 0) is 10.0 Å². The van der Waals surface area contributed by atoms with Crippen LogP contribution in [0.15, 0.2) is 77.1 Å². The first-order chi connectivity index (χ1) is 15.8. The summed E-state index contributed by atoms with van der Waals surface area (Å²) in [5, 5.41) is 24.1. The smallest absolute Gasteiger partial charge is 0.285 e. The number of anilines is 1. The molecule has 11 heteroatoms.